The number of nitrogen functional groups attached to an aromatic ring is 1. The molecule has 0 bridgehead atoms. The Hall–Kier alpha value is -4.46. The van der Waals surface area contributed by atoms with E-state index in [1.165, 1.54) is 0 Å². The van der Waals surface area contributed by atoms with Crippen molar-refractivity contribution in [3.8, 4) is 39.7 Å². The quantitative estimate of drug-likeness (QED) is 0.233. The van der Waals surface area contributed by atoms with Crippen LogP contribution >= 0.6 is 0 Å². The number of aromatic amines is 2. The van der Waals surface area contributed by atoms with Crippen molar-refractivity contribution < 1.29 is 5.11 Å². The van der Waals surface area contributed by atoms with Crippen LogP contribution < -0.4 is 5.73 Å². The van der Waals surface area contributed by atoms with Crippen molar-refractivity contribution in [3.63, 3.8) is 0 Å². The Balaban J connectivity index is 1.50. The van der Waals surface area contributed by atoms with Crippen LogP contribution in [0.25, 0.3) is 44.9 Å². The molecule has 0 unspecified atom stereocenters. The highest BCUT2D eigenvalue weighted by Crippen LogP contribution is 2.36. The number of hydrogen-bond donors (Lipinski definition) is 5. The number of H-pyrrole nitrogens is 2. The normalized spacial score (nSPS) is 11.1. The minimum atomic E-state index is -0.0186. The molecule has 0 aliphatic rings. The zero-order valence-electron chi connectivity index (χ0n) is 15.7. The Morgan fingerprint density at radius 1 is 0.933 bits per heavy atom. The number of amidine groups is 1. The molecule has 30 heavy (non-hydrogen) atoms. The fourth-order valence-corrected chi connectivity index (χ4v) is 3.36. The SMILES string of the molecule is N=C(N)c1ccc2nc(-c3[nH]nc(-c4ccc(-c5ccncc5)cc4)c3O)[nH]c2c1. The molecule has 0 atom stereocenters. The van der Waals surface area contributed by atoms with Crippen molar-refractivity contribution in [1.82, 2.24) is 25.1 Å². The second-order valence-corrected chi connectivity index (χ2v) is 6.84. The lowest BCUT2D eigenvalue weighted by atomic mass is 10.0. The minimum absolute atomic E-state index is 0.0116. The van der Waals surface area contributed by atoms with Gasteiger partial charge in [-0.1, -0.05) is 24.3 Å². The van der Waals surface area contributed by atoms with Gasteiger partial charge in [0.05, 0.1) is 11.0 Å². The Bertz CT molecular complexity index is 1370. The molecule has 0 saturated heterocycles. The molecule has 0 aliphatic carbocycles. The summed E-state index contributed by atoms with van der Waals surface area (Å²) in [4.78, 5) is 11.7. The lowest BCUT2D eigenvalue weighted by molar-refractivity contribution is 0.479. The van der Waals surface area contributed by atoms with Crippen LogP contribution in [0, 0.1) is 5.41 Å². The highest BCUT2D eigenvalue weighted by atomic mass is 16.3. The fraction of sp³-hybridized carbons (Fsp3) is 0. The monoisotopic (exact) mass is 395 g/mol. The number of aromatic hydroxyl groups is 1. The van der Waals surface area contributed by atoms with Gasteiger partial charge in [0, 0.05) is 23.5 Å². The van der Waals surface area contributed by atoms with Crippen LogP contribution in [-0.2, 0) is 0 Å². The number of aromatic nitrogens is 5. The molecule has 0 spiro atoms. The number of imidazole rings is 1. The molecule has 0 amide bonds. The van der Waals surface area contributed by atoms with Gasteiger partial charge >= 0.3 is 0 Å². The molecule has 3 heterocycles. The summed E-state index contributed by atoms with van der Waals surface area (Å²) in [6, 6.07) is 16.9. The summed E-state index contributed by atoms with van der Waals surface area (Å²) < 4.78 is 0. The fourth-order valence-electron chi connectivity index (χ4n) is 3.36. The van der Waals surface area contributed by atoms with E-state index in [9.17, 15) is 5.11 Å². The molecule has 0 aliphatic heterocycles. The lowest BCUT2D eigenvalue weighted by Gasteiger charge is -2.03. The Morgan fingerprint density at radius 3 is 2.37 bits per heavy atom. The van der Waals surface area contributed by atoms with Gasteiger partial charge in [0.15, 0.2) is 11.6 Å². The molecule has 3 aromatic heterocycles. The second-order valence-electron chi connectivity index (χ2n) is 6.84. The molecule has 8 heteroatoms. The molecule has 8 nitrogen and oxygen atoms in total. The minimum Gasteiger partial charge on any atom is -0.504 e. The third-order valence-electron chi connectivity index (χ3n) is 4.94. The van der Waals surface area contributed by atoms with Crippen LogP contribution in [0.3, 0.4) is 0 Å². The van der Waals surface area contributed by atoms with Crippen molar-refractivity contribution >= 4 is 16.9 Å². The third-order valence-corrected chi connectivity index (χ3v) is 4.94. The Morgan fingerprint density at radius 2 is 1.63 bits per heavy atom. The van der Waals surface area contributed by atoms with E-state index in [-0.39, 0.29) is 11.6 Å². The summed E-state index contributed by atoms with van der Waals surface area (Å²) in [6.45, 7) is 0. The van der Waals surface area contributed by atoms with Crippen LogP contribution in [0.15, 0.2) is 67.0 Å². The standard InChI is InChI=1S/C22H17N7O/c23-21(24)15-5-6-16-17(11-15)27-22(26-16)19-20(30)18(28-29-19)14-3-1-12(2-4-14)13-7-9-25-10-8-13/h1-11,30H,(H3,23,24)(H,26,27)(H,28,29). The number of pyridine rings is 1. The first-order valence-electron chi connectivity index (χ1n) is 9.23. The number of fused-ring (bicyclic) bond motifs is 1. The third kappa shape index (κ3) is 2.96. The maximum absolute atomic E-state index is 10.8. The summed E-state index contributed by atoms with van der Waals surface area (Å²) >= 11 is 0. The van der Waals surface area contributed by atoms with Crippen molar-refractivity contribution in [3.05, 3.63) is 72.6 Å². The zero-order valence-corrected chi connectivity index (χ0v) is 15.7. The van der Waals surface area contributed by atoms with Gasteiger partial charge in [-0.25, -0.2) is 4.98 Å². The van der Waals surface area contributed by atoms with Gasteiger partial charge in [-0.05, 0) is 41.5 Å². The zero-order chi connectivity index (χ0) is 20.7. The van der Waals surface area contributed by atoms with Gasteiger partial charge in [-0.2, -0.15) is 5.10 Å². The molecule has 0 fully saturated rings. The van der Waals surface area contributed by atoms with E-state index in [0.717, 1.165) is 22.2 Å². The van der Waals surface area contributed by atoms with Crippen LogP contribution in [-0.4, -0.2) is 36.1 Å². The number of nitrogens with one attached hydrogen (secondary N) is 3. The Labute approximate surface area is 171 Å². The molecule has 5 aromatic rings. The molecule has 0 saturated carbocycles. The average Bonchev–Trinajstić information content (AvgIpc) is 3.37. The predicted molar refractivity (Wildman–Crippen MR) is 115 cm³/mol. The summed E-state index contributed by atoms with van der Waals surface area (Å²) in [5, 5.41) is 25.5. The van der Waals surface area contributed by atoms with Gasteiger partial charge in [0.1, 0.15) is 17.2 Å². The Kier molecular flexibility index (Phi) is 4.03. The molecule has 146 valence electrons. The number of nitrogens with two attached hydrogens (primary N) is 1. The molecule has 5 rings (SSSR count). The van der Waals surface area contributed by atoms with Crippen molar-refractivity contribution in [2.45, 2.75) is 0 Å². The predicted octanol–water partition coefficient (Wildman–Crippen LogP) is 3.67. The van der Waals surface area contributed by atoms with Crippen molar-refractivity contribution in [2.75, 3.05) is 0 Å². The number of nitrogens with zero attached hydrogens (tertiary/aromatic N) is 3. The first-order valence-corrected chi connectivity index (χ1v) is 9.23. The number of benzene rings is 2. The maximum atomic E-state index is 10.8. The molecular weight excluding hydrogens is 378 g/mol. The molecule has 2 aromatic carbocycles. The lowest BCUT2D eigenvalue weighted by Crippen LogP contribution is -2.10. The molecule has 0 radical (unpaired) electrons. The van der Waals surface area contributed by atoms with E-state index in [4.69, 9.17) is 11.1 Å². The summed E-state index contributed by atoms with van der Waals surface area (Å²) in [7, 11) is 0. The van der Waals surface area contributed by atoms with Crippen molar-refractivity contribution in [1.29, 1.82) is 5.41 Å². The van der Waals surface area contributed by atoms with Crippen LogP contribution in [0.4, 0.5) is 0 Å². The highest BCUT2D eigenvalue weighted by Gasteiger charge is 2.18. The van der Waals surface area contributed by atoms with E-state index in [0.29, 0.717) is 28.3 Å². The first kappa shape index (κ1) is 17.6. The van der Waals surface area contributed by atoms with E-state index >= 15 is 0 Å². The van der Waals surface area contributed by atoms with Crippen LogP contribution in [0.5, 0.6) is 5.75 Å². The summed E-state index contributed by atoms with van der Waals surface area (Å²) in [6.07, 6.45) is 3.50. The molecule has 6 N–H and O–H groups in total. The van der Waals surface area contributed by atoms with Crippen LogP contribution in [0.2, 0.25) is 0 Å². The smallest absolute Gasteiger partial charge is 0.172 e. The van der Waals surface area contributed by atoms with E-state index in [2.05, 4.69) is 25.1 Å². The largest absolute Gasteiger partial charge is 0.504 e. The number of hydrogen-bond acceptors (Lipinski definition) is 5. The van der Waals surface area contributed by atoms with E-state index < -0.39 is 0 Å². The van der Waals surface area contributed by atoms with Gasteiger partial charge in [-0.3, -0.25) is 15.5 Å². The summed E-state index contributed by atoms with van der Waals surface area (Å²) in [5.74, 6) is 0.447. The average molecular weight is 395 g/mol. The first-order chi connectivity index (χ1) is 14.6. The van der Waals surface area contributed by atoms with Gasteiger partial charge < -0.3 is 15.8 Å². The number of rotatable bonds is 4. The van der Waals surface area contributed by atoms with Crippen LogP contribution in [0.1, 0.15) is 5.56 Å². The molecular formula is C22H17N7O. The van der Waals surface area contributed by atoms with E-state index in [1.54, 1.807) is 30.6 Å². The van der Waals surface area contributed by atoms with Crippen molar-refractivity contribution in [2.24, 2.45) is 5.73 Å². The maximum Gasteiger partial charge on any atom is 0.172 e. The highest BCUT2D eigenvalue weighted by molar-refractivity contribution is 5.98. The van der Waals surface area contributed by atoms with E-state index in [1.807, 2.05) is 36.4 Å². The topological polar surface area (TPSA) is 140 Å². The second kappa shape index (κ2) is 6.85. The van der Waals surface area contributed by atoms with Gasteiger partial charge in [0.25, 0.3) is 0 Å². The van der Waals surface area contributed by atoms with Gasteiger partial charge in [-0.15, -0.1) is 0 Å². The van der Waals surface area contributed by atoms with Gasteiger partial charge in [0.2, 0.25) is 0 Å². The summed E-state index contributed by atoms with van der Waals surface area (Å²) in [5.41, 5.74) is 11.3.